The van der Waals surface area contributed by atoms with Crippen LogP contribution in [0.3, 0.4) is 0 Å². The van der Waals surface area contributed by atoms with Gasteiger partial charge in [-0.3, -0.25) is 23.0 Å². The minimum Gasteiger partial charge on any atom is -0.505 e. The van der Waals surface area contributed by atoms with Gasteiger partial charge in [0.1, 0.15) is 44.0 Å². The summed E-state index contributed by atoms with van der Waals surface area (Å²) in [7, 11) is -32.1. The zero-order valence-corrected chi connectivity index (χ0v) is 45.8. The lowest BCUT2D eigenvalue weighted by molar-refractivity contribution is -0.116. The molecule has 0 atom stereocenters. The molecule has 0 heterocycles. The number of aromatic hydroxyl groups is 1. The number of sulfone groups is 3. The Hall–Kier alpha value is -6.27. The Bertz CT molecular complexity index is 4070. The van der Waals surface area contributed by atoms with Crippen molar-refractivity contribution >= 4 is 144 Å². The molecule has 8 N–H and O–H groups in total. The van der Waals surface area contributed by atoms with Crippen molar-refractivity contribution < 1.29 is 100 Å². The number of carbonyl (C=O) groups is 1. The fraction of sp³-hybridized carbons (Fsp3) is 0.256. The summed E-state index contributed by atoms with van der Waals surface area (Å²) >= 11 is 5.51. The smallest absolute Gasteiger partial charge is 0.397 e. The van der Waals surface area contributed by atoms with Crippen LogP contribution in [0.2, 0.25) is 0 Å². The third-order valence-corrected chi connectivity index (χ3v) is 18.3. The van der Waals surface area contributed by atoms with Crippen molar-refractivity contribution in [3.8, 4) is 11.5 Å². The Kier molecular flexibility index (Phi) is 19.9. The monoisotopic (exact) mass is 1250 g/mol. The Labute approximate surface area is 449 Å². The molecule has 0 bridgehead atoms. The number of hydrogen-bond donors (Lipinski definition) is 7. The van der Waals surface area contributed by atoms with Gasteiger partial charge >= 0.3 is 20.8 Å². The average molecular weight is 1250 g/mol. The van der Waals surface area contributed by atoms with Crippen molar-refractivity contribution in [1.82, 2.24) is 0 Å². The first-order valence-corrected chi connectivity index (χ1v) is 32.3. The van der Waals surface area contributed by atoms with Crippen LogP contribution >= 0.6 is 11.6 Å². The van der Waals surface area contributed by atoms with Crippen LogP contribution in [0.1, 0.15) is 12.8 Å². The number of nitrogens with zero attached hydrogens (tertiary/aromatic N) is 6. The quantitative estimate of drug-likeness (QED) is 0.0157. The molecule has 5 aromatic carbocycles. The number of nitrogen functional groups attached to an aromatic ring is 1. The van der Waals surface area contributed by atoms with Gasteiger partial charge in [0.15, 0.2) is 35.3 Å². The summed E-state index contributed by atoms with van der Waals surface area (Å²) in [6.45, 7) is -2.00. The molecule has 0 radical (unpaired) electrons. The number of methoxy groups -OCH3 is 1. The largest absolute Gasteiger partial charge is 0.505 e. The number of amides is 1. The number of ether oxygens (including phenoxy) is 1. The molecule has 1 amide bonds. The van der Waals surface area contributed by atoms with Crippen molar-refractivity contribution in [3.63, 3.8) is 0 Å². The Balaban J connectivity index is 1.56. The van der Waals surface area contributed by atoms with Gasteiger partial charge in [-0.05, 0) is 73.2 Å². The summed E-state index contributed by atoms with van der Waals surface area (Å²) < 4.78 is 223. The van der Waals surface area contributed by atoms with Gasteiger partial charge < -0.3 is 20.9 Å². The van der Waals surface area contributed by atoms with E-state index >= 15 is 0 Å². The van der Waals surface area contributed by atoms with Gasteiger partial charge in [-0.1, -0.05) is 0 Å². The highest BCUT2D eigenvalue weighted by molar-refractivity contribution is 7.92. The fourth-order valence-electron chi connectivity index (χ4n) is 6.49. The molecular weight excluding hydrogens is 1210 g/mol. The summed E-state index contributed by atoms with van der Waals surface area (Å²) in [5.74, 6) is -5.00. The van der Waals surface area contributed by atoms with Crippen molar-refractivity contribution in [1.29, 1.82) is 0 Å². The zero-order valence-electron chi connectivity index (χ0n) is 39.4. The van der Waals surface area contributed by atoms with Crippen LogP contribution in [-0.4, -0.2) is 137 Å². The van der Waals surface area contributed by atoms with E-state index in [0.717, 1.165) is 67.8 Å². The highest BCUT2D eigenvalue weighted by Gasteiger charge is 2.27. The minimum absolute atomic E-state index is 0.0441. The van der Waals surface area contributed by atoms with E-state index in [1.807, 2.05) is 0 Å². The van der Waals surface area contributed by atoms with Crippen molar-refractivity contribution in [3.05, 3.63) is 72.8 Å². The summed E-state index contributed by atoms with van der Waals surface area (Å²) in [6, 6.07) is 11.7. The van der Waals surface area contributed by atoms with Crippen LogP contribution < -0.4 is 15.8 Å². The second-order valence-corrected chi connectivity index (χ2v) is 27.3. The van der Waals surface area contributed by atoms with Crippen LogP contribution in [0.25, 0.3) is 10.8 Å². The van der Waals surface area contributed by atoms with E-state index in [-0.39, 0.29) is 63.3 Å². The molecule has 0 saturated heterocycles. The van der Waals surface area contributed by atoms with Crippen LogP contribution in [-0.2, 0) is 83.7 Å². The number of carbonyl (C=O) groups excluding carboxylic acids is 1. The number of hydrogen-bond acceptors (Lipinski definition) is 26. The number of phenolic OH excluding ortho intramolecular Hbond substituents is 1. The molecular formula is C39H41ClN8O23S7. The number of benzene rings is 5. The van der Waals surface area contributed by atoms with Gasteiger partial charge in [-0.15, -0.1) is 37.2 Å². The van der Waals surface area contributed by atoms with E-state index in [4.69, 9.17) is 31.2 Å². The maximum absolute atomic E-state index is 13.5. The topological polar surface area (TPSA) is 497 Å². The molecule has 424 valence electrons. The lowest BCUT2D eigenvalue weighted by Crippen LogP contribution is -2.17. The van der Waals surface area contributed by atoms with Crippen LogP contribution in [0.15, 0.2) is 123 Å². The highest BCUT2D eigenvalue weighted by Crippen LogP contribution is 2.47. The maximum atomic E-state index is 13.5. The van der Waals surface area contributed by atoms with E-state index in [9.17, 15) is 77.9 Å². The average Bonchev–Trinajstić information content (AvgIpc) is 3.31. The number of phenols is 1. The third-order valence-electron chi connectivity index (χ3n) is 10.0. The molecule has 5 aromatic rings. The Morgan fingerprint density at radius 1 is 0.590 bits per heavy atom. The number of nitrogens with two attached hydrogens (primary N) is 1. The molecule has 0 aliphatic heterocycles. The van der Waals surface area contributed by atoms with Crippen LogP contribution in [0.4, 0.5) is 45.5 Å². The van der Waals surface area contributed by atoms with Gasteiger partial charge in [0, 0.05) is 34.8 Å². The highest BCUT2D eigenvalue weighted by atomic mass is 35.5. The van der Waals surface area contributed by atoms with E-state index < -0.39 is 155 Å². The number of azo groups is 3. The second-order valence-electron chi connectivity index (χ2n) is 15.5. The number of nitrogens with one attached hydrogen (secondary N) is 1. The van der Waals surface area contributed by atoms with Gasteiger partial charge in [-0.25, -0.2) is 33.6 Å². The molecule has 31 nitrogen and oxygen atoms in total. The molecule has 0 aliphatic rings. The number of anilines is 2. The predicted octanol–water partition coefficient (Wildman–Crippen LogP) is 5.43. The summed E-state index contributed by atoms with van der Waals surface area (Å²) in [4.78, 5) is 9.47. The third kappa shape index (κ3) is 17.4. The predicted molar refractivity (Wildman–Crippen MR) is 274 cm³/mol. The van der Waals surface area contributed by atoms with Crippen LogP contribution in [0, 0.1) is 0 Å². The zero-order chi connectivity index (χ0) is 58.2. The minimum atomic E-state index is -5.49. The summed E-state index contributed by atoms with van der Waals surface area (Å²) in [5.41, 5.74) is 2.28. The molecule has 39 heteroatoms. The molecule has 0 aromatic heterocycles. The lowest BCUT2D eigenvalue weighted by atomic mass is 10.1. The van der Waals surface area contributed by atoms with Gasteiger partial charge in [0.2, 0.25) is 5.91 Å². The Morgan fingerprint density at radius 2 is 1.15 bits per heavy atom. The molecule has 0 unspecified atom stereocenters. The second kappa shape index (κ2) is 24.8. The molecule has 0 aliphatic carbocycles. The first kappa shape index (κ1) is 62.6. The molecule has 0 fully saturated rings. The van der Waals surface area contributed by atoms with Crippen molar-refractivity contribution in [2.75, 3.05) is 60.3 Å². The van der Waals surface area contributed by atoms with Gasteiger partial charge in [-0.2, -0.15) is 38.8 Å². The van der Waals surface area contributed by atoms with Gasteiger partial charge in [0.25, 0.3) is 20.2 Å². The standard InChI is InChI=1S/C39H41ClN8O23S7/c1-69-32-21-31(34(75(57,58)59)22-29(32)44-43-23-4-7-25(8-5-23)73(53,54)17-13-70-77(63,64)65)46-48-38-35(76(60,61)62)20-27-26(39(38)50)9-10-28(41)37(27)47-45-30-19-24(42-36(49)3-2-15-72(51,52)16-12-40)6-11-33(30)74(55,56)18-14-71-78(66,67)68/h4-11,19-22,50H,2-3,12-18,41H2,1H3,(H,42,49)(H,57,58,59)(H,60,61,62)(H,63,64,65)(H,66,67,68). The van der Waals surface area contributed by atoms with E-state index in [2.05, 4.69) is 44.4 Å². The number of rotatable bonds is 26. The first-order chi connectivity index (χ1) is 36.0. The number of alkyl halides is 1. The van der Waals surface area contributed by atoms with E-state index in [0.29, 0.717) is 12.1 Å². The maximum Gasteiger partial charge on any atom is 0.397 e. The van der Waals surface area contributed by atoms with Crippen molar-refractivity contribution in [2.45, 2.75) is 32.4 Å². The molecule has 0 spiro atoms. The van der Waals surface area contributed by atoms with Gasteiger partial charge in [0.05, 0.1) is 64.5 Å². The normalized spacial score (nSPS) is 13.3. The number of halogens is 1. The Morgan fingerprint density at radius 3 is 1.72 bits per heavy atom. The SMILES string of the molecule is COc1cc(N=Nc2c(S(=O)(=O)O)cc3c(N=Nc4cc(NC(=O)CCCS(=O)(=O)CCCl)ccc4S(=O)(=O)CCOS(=O)(=O)O)c(N)ccc3c2O)c(S(=O)(=O)O)cc1N=Nc1ccc(S(=O)(=O)CCOS(=O)(=O)O)cc1. The van der Waals surface area contributed by atoms with E-state index in [1.165, 1.54) is 0 Å². The lowest BCUT2D eigenvalue weighted by Gasteiger charge is -2.13. The molecule has 0 saturated carbocycles. The number of fused-ring (bicyclic) bond motifs is 1. The fourth-order valence-corrected chi connectivity index (χ4v) is 12.6. The molecule has 5 rings (SSSR count). The molecule has 78 heavy (non-hydrogen) atoms. The first-order valence-electron chi connectivity index (χ1n) is 21.0. The van der Waals surface area contributed by atoms with Crippen LogP contribution in [0.5, 0.6) is 11.5 Å². The summed E-state index contributed by atoms with van der Waals surface area (Å²) in [5, 5.41) is 36.2. The summed E-state index contributed by atoms with van der Waals surface area (Å²) in [6.07, 6.45) is -0.464. The van der Waals surface area contributed by atoms with E-state index in [1.54, 1.807) is 0 Å². The van der Waals surface area contributed by atoms with Crippen molar-refractivity contribution in [2.24, 2.45) is 30.7 Å².